The minimum atomic E-state index is -1.36. The molecule has 1 heterocycles. The van der Waals surface area contributed by atoms with E-state index < -0.39 is 33.2 Å². The summed E-state index contributed by atoms with van der Waals surface area (Å²) in [4.78, 5) is 10.1. The summed E-state index contributed by atoms with van der Waals surface area (Å²) in [5.74, 6) is -0.487. The lowest BCUT2D eigenvalue weighted by molar-refractivity contribution is -0.385. The molecule has 0 aromatic heterocycles. The Morgan fingerprint density at radius 3 is 2.90 bits per heavy atom. The Hall–Kier alpha value is -1.93. The van der Waals surface area contributed by atoms with E-state index in [1.54, 1.807) is 6.08 Å². The van der Waals surface area contributed by atoms with Crippen LogP contribution in [0.3, 0.4) is 0 Å². The van der Waals surface area contributed by atoms with Crippen LogP contribution in [0.5, 0.6) is 0 Å². The van der Waals surface area contributed by atoms with Gasteiger partial charge in [-0.25, -0.2) is 4.39 Å². The van der Waals surface area contributed by atoms with E-state index in [-0.39, 0.29) is 22.8 Å². The second-order valence-electron chi connectivity index (χ2n) is 4.63. The molecule has 1 aliphatic heterocycles. The van der Waals surface area contributed by atoms with E-state index >= 15 is 0 Å². The van der Waals surface area contributed by atoms with Crippen molar-refractivity contribution in [2.24, 2.45) is 0 Å². The Morgan fingerprint density at radius 2 is 2.33 bits per heavy atom. The monoisotopic (exact) mass is 311 g/mol. The molecule has 3 unspecified atom stereocenters. The molecule has 1 saturated heterocycles. The number of benzene rings is 1. The fourth-order valence-electron chi connectivity index (χ4n) is 2.19. The summed E-state index contributed by atoms with van der Waals surface area (Å²) in [7, 11) is 0. The smallest absolute Gasteiger partial charge is 0.269 e. The Kier molecular flexibility index (Phi) is 4.59. The number of nitro groups is 1. The average Bonchev–Trinajstić information content (AvgIpc) is 2.43. The molecule has 112 valence electrons. The number of hydrogen-bond donors (Lipinski definition) is 2. The second kappa shape index (κ2) is 6.23. The standard InChI is InChI=1S/C13H14FN3O3S/c1-2-3-12-13(15)16-11(7-21(12)20)9-6-8(17(18)19)4-5-10(9)14/h2,4-6,11-12H,1,3,7H2,(H2,15,16). The molecule has 0 bridgehead atoms. The number of non-ortho nitro benzene ring substituents is 1. The van der Waals surface area contributed by atoms with E-state index in [1.165, 1.54) is 0 Å². The van der Waals surface area contributed by atoms with Crippen LogP contribution in [-0.2, 0) is 11.2 Å². The number of allylic oxidation sites excluding steroid dienone is 1. The molecule has 0 spiro atoms. The van der Waals surface area contributed by atoms with Gasteiger partial charge < -0.3 is 9.87 Å². The van der Waals surface area contributed by atoms with Crippen molar-refractivity contribution in [1.82, 2.24) is 5.32 Å². The molecule has 3 atom stereocenters. The highest BCUT2D eigenvalue weighted by atomic mass is 32.2. The van der Waals surface area contributed by atoms with Crippen molar-refractivity contribution in [1.29, 1.82) is 5.41 Å². The molecule has 1 aromatic rings. The molecule has 21 heavy (non-hydrogen) atoms. The van der Waals surface area contributed by atoms with Gasteiger partial charge in [0.25, 0.3) is 5.69 Å². The predicted octanol–water partition coefficient (Wildman–Crippen LogP) is 2.05. The van der Waals surface area contributed by atoms with Crippen molar-refractivity contribution in [2.45, 2.75) is 17.7 Å². The van der Waals surface area contributed by atoms with Crippen molar-refractivity contribution < 1.29 is 13.9 Å². The number of hydrogen-bond acceptors (Lipinski definition) is 4. The molecule has 1 aliphatic rings. The quantitative estimate of drug-likeness (QED) is 0.384. The highest BCUT2D eigenvalue weighted by molar-refractivity contribution is 7.92. The lowest BCUT2D eigenvalue weighted by Crippen LogP contribution is -2.50. The van der Waals surface area contributed by atoms with Crippen molar-refractivity contribution >= 4 is 22.7 Å². The number of nitrogens with zero attached hydrogens (tertiary/aromatic N) is 1. The first-order valence-corrected chi connectivity index (χ1v) is 7.59. The molecule has 0 aliphatic carbocycles. The molecule has 8 heteroatoms. The number of nitro benzene ring substituents is 1. The Balaban J connectivity index is 2.27. The Bertz CT molecular complexity index is 596. The Labute approximate surface area is 123 Å². The maximum absolute atomic E-state index is 13.9. The van der Waals surface area contributed by atoms with E-state index in [1.807, 2.05) is 0 Å². The first kappa shape index (κ1) is 15.5. The Morgan fingerprint density at radius 1 is 1.62 bits per heavy atom. The van der Waals surface area contributed by atoms with Crippen LogP contribution >= 0.6 is 0 Å². The topological polar surface area (TPSA) is 102 Å². The third kappa shape index (κ3) is 3.22. The summed E-state index contributed by atoms with van der Waals surface area (Å²) >= 11 is -1.36. The number of nitrogens with one attached hydrogen (secondary N) is 2. The zero-order valence-corrected chi connectivity index (χ0v) is 11.9. The number of rotatable bonds is 4. The van der Waals surface area contributed by atoms with Crippen molar-refractivity contribution in [3.05, 3.63) is 52.3 Å². The summed E-state index contributed by atoms with van der Waals surface area (Å²) in [6.07, 6.45) is 1.97. The van der Waals surface area contributed by atoms with Crippen LogP contribution in [0.4, 0.5) is 10.1 Å². The van der Waals surface area contributed by atoms with Gasteiger partial charge in [-0.15, -0.1) is 6.58 Å². The van der Waals surface area contributed by atoms with Crippen LogP contribution in [0.25, 0.3) is 0 Å². The van der Waals surface area contributed by atoms with Crippen LogP contribution in [0.15, 0.2) is 30.9 Å². The van der Waals surface area contributed by atoms with Gasteiger partial charge >= 0.3 is 0 Å². The van der Waals surface area contributed by atoms with Gasteiger partial charge in [0.1, 0.15) is 23.4 Å². The summed E-state index contributed by atoms with van der Waals surface area (Å²) in [5.41, 5.74) is -0.182. The van der Waals surface area contributed by atoms with Crippen molar-refractivity contribution in [3.8, 4) is 0 Å². The summed E-state index contributed by atoms with van der Waals surface area (Å²) in [5, 5.41) is 20.9. The molecule has 2 rings (SSSR count). The largest absolute Gasteiger partial charge is 0.616 e. The van der Waals surface area contributed by atoms with Crippen molar-refractivity contribution in [2.75, 3.05) is 5.75 Å². The predicted molar refractivity (Wildman–Crippen MR) is 78.3 cm³/mol. The highest BCUT2D eigenvalue weighted by Crippen LogP contribution is 2.28. The van der Waals surface area contributed by atoms with Crippen LogP contribution in [-0.4, -0.2) is 26.3 Å². The fraction of sp³-hybridized carbons (Fsp3) is 0.308. The third-order valence-corrected chi connectivity index (χ3v) is 4.97. The van der Waals surface area contributed by atoms with Gasteiger partial charge in [-0.05, 0) is 17.2 Å². The van der Waals surface area contributed by atoms with Gasteiger partial charge in [0, 0.05) is 24.1 Å². The molecular weight excluding hydrogens is 297 g/mol. The first-order valence-electron chi connectivity index (χ1n) is 6.21. The lowest BCUT2D eigenvalue weighted by Gasteiger charge is -2.33. The van der Waals surface area contributed by atoms with Gasteiger partial charge in [-0.3, -0.25) is 15.5 Å². The highest BCUT2D eigenvalue weighted by Gasteiger charge is 2.37. The minimum absolute atomic E-state index is 0.0374. The maximum atomic E-state index is 13.9. The van der Waals surface area contributed by atoms with E-state index in [4.69, 9.17) is 5.41 Å². The van der Waals surface area contributed by atoms with Crippen LogP contribution in [0.1, 0.15) is 18.0 Å². The van der Waals surface area contributed by atoms with Gasteiger partial charge in [0.05, 0.1) is 4.92 Å². The zero-order chi connectivity index (χ0) is 15.6. The molecule has 0 saturated carbocycles. The van der Waals surface area contributed by atoms with Crippen LogP contribution < -0.4 is 5.32 Å². The molecule has 6 nitrogen and oxygen atoms in total. The van der Waals surface area contributed by atoms with E-state index in [2.05, 4.69) is 11.9 Å². The van der Waals surface area contributed by atoms with E-state index in [9.17, 15) is 19.1 Å². The fourth-order valence-corrected chi connectivity index (χ4v) is 3.70. The lowest BCUT2D eigenvalue weighted by atomic mass is 10.1. The first-order chi connectivity index (χ1) is 9.93. The van der Waals surface area contributed by atoms with Crippen LogP contribution in [0.2, 0.25) is 0 Å². The number of amidine groups is 1. The molecule has 1 fully saturated rings. The van der Waals surface area contributed by atoms with E-state index in [0.717, 1.165) is 18.2 Å². The van der Waals surface area contributed by atoms with Gasteiger partial charge in [-0.1, -0.05) is 6.08 Å². The summed E-state index contributed by atoms with van der Waals surface area (Å²) < 4.78 is 26.0. The normalized spacial score (nSPS) is 25.2. The molecule has 2 N–H and O–H groups in total. The third-order valence-electron chi connectivity index (χ3n) is 3.25. The van der Waals surface area contributed by atoms with Crippen molar-refractivity contribution in [3.63, 3.8) is 0 Å². The maximum Gasteiger partial charge on any atom is 0.269 e. The van der Waals surface area contributed by atoms with E-state index in [0.29, 0.717) is 6.42 Å². The SMILES string of the molecule is C=CCC1C(=N)NC(c2cc([N+](=O)[O-])ccc2F)C[S+]1[O-]. The number of halogens is 1. The van der Waals surface area contributed by atoms with Gasteiger partial charge in [0.2, 0.25) is 0 Å². The molecule has 0 amide bonds. The average molecular weight is 311 g/mol. The summed E-state index contributed by atoms with van der Waals surface area (Å²) in [6.45, 7) is 3.55. The van der Waals surface area contributed by atoms with Gasteiger partial charge in [0.15, 0.2) is 5.25 Å². The molecular formula is C13H14FN3O3S. The summed E-state index contributed by atoms with van der Waals surface area (Å²) in [6, 6.07) is 2.49. The zero-order valence-electron chi connectivity index (χ0n) is 11.0. The molecule has 1 aromatic carbocycles. The molecule has 0 radical (unpaired) electrons. The second-order valence-corrected chi connectivity index (χ2v) is 6.30. The minimum Gasteiger partial charge on any atom is -0.616 e. The van der Waals surface area contributed by atoms with Crippen LogP contribution in [0, 0.1) is 21.3 Å². The van der Waals surface area contributed by atoms with Gasteiger partial charge in [-0.2, -0.15) is 0 Å².